The lowest BCUT2D eigenvalue weighted by Crippen LogP contribution is -2.31. The third-order valence-corrected chi connectivity index (χ3v) is 3.03. The number of imidazole rings is 1. The smallest absolute Gasteiger partial charge is 0.258 e. The van der Waals surface area contributed by atoms with Crippen LogP contribution < -0.4 is 4.57 Å². The Hall–Kier alpha value is -2.17. The van der Waals surface area contributed by atoms with E-state index in [1.54, 1.807) is 24.3 Å². The number of nitrogens with zero attached hydrogens (tertiary/aromatic N) is 3. The van der Waals surface area contributed by atoms with Gasteiger partial charge in [0.05, 0.1) is 11.5 Å². The lowest BCUT2D eigenvalue weighted by atomic mass is 10.2. The van der Waals surface area contributed by atoms with E-state index in [1.165, 1.54) is 12.8 Å². The van der Waals surface area contributed by atoms with E-state index in [1.807, 2.05) is 6.20 Å². The first kappa shape index (κ1) is 13.3. The first-order valence-electron chi connectivity index (χ1n) is 6.47. The molecule has 100 valence electrons. The van der Waals surface area contributed by atoms with Gasteiger partial charge in [0.25, 0.3) is 5.69 Å². The maximum Gasteiger partial charge on any atom is 0.269 e. The summed E-state index contributed by atoms with van der Waals surface area (Å²) in [6.45, 7) is 3.94. The van der Waals surface area contributed by atoms with Crippen LogP contribution >= 0.6 is 0 Å². The van der Waals surface area contributed by atoms with E-state index < -0.39 is 0 Å². The van der Waals surface area contributed by atoms with Gasteiger partial charge in [-0.05, 0) is 24.1 Å². The third-order valence-electron chi connectivity index (χ3n) is 3.03. The van der Waals surface area contributed by atoms with Crippen LogP contribution in [-0.2, 0) is 13.1 Å². The maximum atomic E-state index is 10.6. The molecule has 19 heavy (non-hydrogen) atoms. The molecule has 5 nitrogen and oxygen atoms in total. The second kappa shape index (κ2) is 6.13. The fourth-order valence-corrected chi connectivity index (χ4v) is 1.94. The summed E-state index contributed by atoms with van der Waals surface area (Å²) in [5, 5.41) is 10.6. The molecular weight excluding hydrogens is 242 g/mol. The van der Waals surface area contributed by atoms with Gasteiger partial charge >= 0.3 is 0 Å². The molecule has 0 atom stereocenters. The van der Waals surface area contributed by atoms with E-state index in [9.17, 15) is 10.1 Å². The van der Waals surface area contributed by atoms with Gasteiger partial charge in [-0.3, -0.25) is 10.1 Å². The largest absolute Gasteiger partial charge is 0.269 e. The second-order valence-electron chi connectivity index (χ2n) is 4.60. The van der Waals surface area contributed by atoms with Gasteiger partial charge in [0.15, 0.2) is 0 Å². The van der Waals surface area contributed by atoms with Crippen LogP contribution in [0.25, 0.3) is 0 Å². The SMILES string of the molecule is CCCCn1cc[n+](Cc2ccc([N+](=O)[O-])cc2)c1. The molecule has 0 aliphatic heterocycles. The van der Waals surface area contributed by atoms with Gasteiger partial charge in [-0.2, -0.15) is 0 Å². The molecule has 0 saturated carbocycles. The molecule has 1 aromatic heterocycles. The van der Waals surface area contributed by atoms with E-state index in [0.29, 0.717) is 0 Å². The van der Waals surface area contributed by atoms with Gasteiger partial charge in [-0.25, -0.2) is 9.13 Å². The quantitative estimate of drug-likeness (QED) is 0.455. The minimum atomic E-state index is -0.377. The number of hydrogen-bond acceptors (Lipinski definition) is 2. The predicted octanol–water partition coefficient (Wildman–Crippen LogP) is 2.53. The van der Waals surface area contributed by atoms with Crippen molar-refractivity contribution >= 4 is 5.69 Å². The lowest BCUT2D eigenvalue weighted by molar-refractivity contribution is -0.687. The number of nitro benzene ring substituents is 1. The Morgan fingerprint density at radius 2 is 2.05 bits per heavy atom. The van der Waals surface area contributed by atoms with Crippen LogP contribution in [0.15, 0.2) is 43.0 Å². The summed E-state index contributed by atoms with van der Waals surface area (Å²) < 4.78 is 4.24. The summed E-state index contributed by atoms with van der Waals surface area (Å²) in [5.74, 6) is 0. The summed E-state index contributed by atoms with van der Waals surface area (Å²) in [6, 6.07) is 6.69. The van der Waals surface area contributed by atoms with Crippen LogP contribution in [0.2, 0.25) is 0 Å². The van der Waals surface area contributed by atoms with E-state index in [4.69, 9.17) is 0 Å². The molecule has 0 amide bonds. The molecule has 0 N–H and O–H groups in total. The van der Waals surface area contributed by atoms with Crippen molar-refractivity contribution in [2.75, 3.05) is 0 Å². The number of nitro groups is 1. The predicted molar refractivity (Wildman–Crippen MR) is 71.7 cm³/mol. The van der Waals surface area contributed by atoms with Crippen molar-refractivity contribution in [1.82, 2.24) is 4.57 Å². The van der Waals surface area contributed by atoms with Crippen LogP contribution in [0.4, 0.5) is 5.69 Å². The Morgan fingerprint density at radius 1 is 1.32 bits per heavy atom. The van der Waals surface area contributed by atoms with E-state index in [0.717, 1.165) is 18.7 Å². The Labute approximate surface area is 112 Å². The average Bonchev–Trinajstić information content (AvgIpc) is 2.84. The molecule has 0 bridgehead atoms. The Bertz CT molecular complexity index is 546. The van der Waals surface area contributed by atoms with Crippen LogP contribution in [0.3, 0.4) is 0 Å². The molecule has 0 aliphatic carbocycles. The first-order chi connectivity index (χ1) is 9.19. The number of benzene rings is 1. The number of hydrogen-bond donors (Lipinski definition) is 0. The van der Waals surface area contributed by atoms with Crippen molar-refractivity contribution in [3.8, 4) is 0 Å². The van der Waals surface area contributed by atoms with Gasteiger partial charge < -0.3 is 0 Å². The van der Waals surface area contributed by atoms with Crippen molar-refractivity contribution < 1.29 is 9.49 Å². The van der Waals surface area contributed by atoms with E-state index in [2.05, 4.69) is 28.6 Å². The summed E-state index contributed by atoms with van der Waals surface area (Å²) in [6.07, 6.45) is 8.50. The Kier molecular flexibility index (Phi) is 4.28. The fourth-order valence-electron chi connectivity index (χ4n) is 1.94. The molecule has 1 heterocycles. The maximum absolute atomic E-state index is 10.6. The molecule has 0 fully saturated rings. The molecule has 0 spiro atoms. The number of aryl methyl sites for hydroxylation is 1. The number of non-ortho nitro benzene ring substituents is 1. The fraction of sp³-hybridized carbons (Fsp3) is 0.357. The zero-order valence-electron chi connectivity index (χ0n) is 11.0. The molecule has 2 rings (SSSR count). The minimum Gasteiger partial charge on any atom is -0.258 e. The number of rotatable bonds is 6. The highest BCUT2D eigenvalue weighted by atomic mass is 16.6. The molecular formula is C14H18N3O2+. The number of aromatic nitrogens is 2. The summed E-state index contributed by atoms with van der Waals surface area (Å²) in [5.41, 5.74) is 1.19. The minimum absolute atomic E-state index is 0.134. The molecule has 1 aromatic carbocycles. The van der Waals surface area contributed by atoms with Crippen molar-refractivity contribution in [2.45, 2.75) is 32.9 Å². The van der Waals surface area contributed by atoms with Crippen LogP contribution in [0.1, 0.15) is 25.3 Å². The Balaban J connectivity index is 2.00. The molecule has 0 radical (unpaired) electrons. The van der Waals surface area contributed by atoms with Gasteiger partial charge in [0, 0.05) is 12.1 Å². The van der Waals surface area contributed by atoms with Crippen LogP contribution in [-0.4, -0.2) is 9.49 Å². The van der Waals surface area contributed by atoms with Gasteiger partial charge in [-0.15, -0.1) is 0 Å². The molecule has 0 aliphatic rings. The van der Waals surface area contributed by atoms with Gasteiger partial charge in [0.2, 0.25) is 6.33 Å². The summed E-state index contributed by atoms with van der Waals surface area (Å²) in [4.78, 5) is 10.2. The average molecular weight is 260 g/mol. The normalized spacial score (nSPS) is 10.6. The standard InChI is InChI=1S/C14H18N3O2/c1-2-3-8-15-9-10-16(12-15)11-13-4-6-14(7-5-13)17(18)19/h4-7,9-10,12H,2-3,8,11H2,1H3/q+1. The van der Waals surface area contributed by atoms with Crippen molar-refractivity contribution in [1.29, 1.82) is 0 Å². The van der Waals surface area contributed by atoms with E-state index in [-0.39, 0.29) is 10.6 Å². The second-order valence-corrected chi connectivity index (χ2v) is 4.60. The highest BCUT2D eigenvalue weighted by Crippen LogP contribution is 2.11. The highest BCUT2D eigenvalue weighted by molar-refractivity contribution is 5.32. The zero-order valence-corrected chi connectivity index (χ0v) is 11.0. The van der Waals surface area contributed by atoms with Gasteiger partial charge in [-0.1, -0.05) is 13.3 Å². The molecule has 0 saturated heterocycles. The monoisotopic (exact) mass is 260 g/mol. The lowest BCUT2D eigenvalue weighted by Gasteiger charge is -1.98. The van der Waals surface area contributed by atoms with Crippen LogP contribution in [0.5, 0.6) is 0 Å². The summed E-state index contributed by atoms with van der Waals surface area (Å²) >= 11 is 0. The number of unbranched alkanes of at least 4 members (excludes halogenated alkanes) is 1. The third kappa shape index (κ3) is 3.64. The van der Waals surface area contributed by atoms with Crippen molar-refractivity contribution in [3.05, 3.63) is 58.7 Å². The van der Waals surface area contributed by atoms with Crippen molar-refractivity contribution in [3.63, 3.8) is 0 Å². The highest BCUT2D eigenvalue weighted by Gasteiger charge is 2.07. The zero-order chi connectivity index (χ0) is 13.7. The van der Waals surface area contributed by atoms with Crippen molar-refractivity contribution in [2.24, 2.45) is 0 Å². The summed E-state index contributed by atoms with van der Waals surface area (Å²) in [7, 11) is 0. The van der Waals surface area contributed by atoms with Gasteiger partial charge in [0.1, 0.15) is 18.9 Å². The topological polar surface area (TPSA) is 52.0 Å². The molecule has 5 heteroatoms. The first-order valence-corrected chi connectivity index (χ1v) is 6.47. The molecule has 0 unspecified atom stereocenters. The van der Waals surface area contributed by atoms with Crippen LogP contribution in [0, 0.1) is 10.1 Å². The molecule has 2 aromatic rings. The van der Waals surface area contributed by atoms with E-state index >= 15 is 0 Å². The Morgan fingerprint density at radius 3 is 2.68 bits per heavy atom.